The van der Waals surface area contributed by atoms with Crippen molar-refractivity contribution in [3.63, 3.8) is 0 Å². The molecule has 4 heteroatoms. The molecular formula is C16H29NO3. The molecule has 0 atom stereocenters. The number of likely N-dealkylation sites (tertiary alicyclic amines) is 1. The molecule has 1 fully saturated rings. The van der Waals surface area contributed by atoms with E-state index in [4.69, 9.17) is 4.74 Å². The third-order valence-electron chi connectivity index (χ3n) is 3.75. The molecule has 4 nitrogen and oxygen atoms in total. The number of nitrogens with zero attached hydrogens (tertiary/aromatic N) is 1. The third kappa shape index (κ3) is 7.51. The highest BCUT2D eigenvalue weighted by Crippen LogP contribution is 2.10. The Bertz CT molecular complexity index is 291. The van der Waals surface area contributed by atoms with E-state index in [-0.39, 0.29) is 18.4 Å². The molecule has 1 heterocycles. The summed E-state index contributed by atoms with van der Waals surface area (Å²) < 4.78 is 5.19. The van der Waals surface area contributed by atoms with Gasteiger partial charge in [-0.25, -0.2) is 0 Å². The summed E-state index contributed by atoms with van der Waals surface area (Å²) in [5.41, 5.74) is 0. The molecular weight excluding hydrogens is 254 g/mol. The summed E-state index contributed by atoms with van der Waals surface area (Å²) in [6.07, 6.45) is 11.0. The monoisotopic (exact) mass is 283 g/mol. The lowest BCUT2D eigenvalue weighted by Crippen LogP contribution is -2.39. The first-order valence-electron chi connectivity index (χ1n) is 8.17. The highest BCUT2D eigenvalue weighted by Gasteiger charge is 2.20. The number of ether oxygens (including phenoxy) is 1. The maximum absolute atomic E-state index is 11.6. The molecule has 0 aromatic rings. The number of piperidine rings is 1. The van der Waals surface area contributed by atoms with Crippen LogP contribution >= 0.6 is 0 Å². The number of hydrogen-bond acceptors (Lipinski definition) is 3. The van der Waals surface area contributed by atoms with Gasteiger partial charge in [-0.3, -0.25) is 9.59 Å². The van der Waals surface area contributed by atoms with Crippen molar-refractivity contribution in [2.24, 2.45) is 0 Å². The first-order chi connectivity index (χ1) is 9.74. The van der Waals surface area contributed by atoms with Crippen molar-refractivity contribution in [2.75, 3.05) is 19.7 Å². The predicted octanol–water partition coefficient (Wildman–Crippen LogP) is 3.29. The summed E-state index contributed by atoms with van der Waals surface area (Å²) in [5.74, 6) is -0.171. The molecule has 0 aromatic carbocycles. The van der Waals surface area contributed by atoms with Gasteiger partial charge in [0.25, 0.3) is 0 Å². The van der Waals surface area contributed by atoms with Gasteiger partial charge in [0.1, 0.15) is 6.54 Å². The number of carbonyl (C=O) groups excluding carboxylic acids is 2. The minimum atomic E-state index is -0.258. The van der Waals surface area contributed by atoms with Crippen LogP contribution in [0.5, 0.6) is 0 Å². The molecule has 0 aliphatic carbocycles. The molecule has 0 saturated carbocycles. The topological polar surface area (TPSA) is 46.6 Å². The minimum Gasteiger partial charge on any atom is -0.464 e. The lowest BCUT2D eigenvalue weighted by Gasteiger charge is -2.25. The normalized spacial score (nSPS) is 15.4. The fraction of sp³-hybridized carbons (Fsp3) is 0.875. The summed E-state index contributed by atoms with van der Waals surface area (Å²) in [4.78, 5) is 24.8. The third-order valence-corrected chi connectivity index (χ3v) is 3.75. The van der Waals surface area contributed by atoms with Gasteiger partial charge in [-0.1, -0.05) is 45.4 Å². The van der Waals surface area contributed by atoms with E-state index in [0.717, 1.165) is 25.7 Å². The quantitative estimate of drug-likeness (QED) is 0.456. The Kier molecular flexibility index (Phi) is 9.09. The Balaban J connectivity index is 1.96. The van der Waals surface area contributed by atoms with Gasteiger partial charge in [0.2, 0.25) is 5.91 Å². The first-order valence-corrected chi connectivity index (χ1v) is 8.17. The van der Waals surface area contributed by atoms with E-state index in [1.165, 1.54) is 32.1 Å². The molecule has 0 N–H and O–H groups in total. The summed E-state index contributed by atoms with van der Waals surface area (Å²) >= 11 is 0. The first kappa shape index (κ1) is 17.0. The van der Waals surface area contributed by atoms with E-state index in [1.807, 2.05) is 0 Å². The molecule has 1 rings (SSSR count). The fourth-order valence-corrected chi connectivity index (χ4v) is 2.48. The van der Waals surface area contributed by atoms with E-state index >= 15 is 0 Å². The van der Waals surface area contributed by atoms with Crippen LogP contribution in [0.15, 0.2) is 0 Å². The van der Waals surface area contributed by atoms with E-state index in [1.54, 1.807) is 4.90 Å². The van der Waals surface area contributed by atoms with Crippen LogP contribution in [0.3, 0.4) is 0 Å². The van der Waals surface area contributed by atoms with Crippen molar-refractivity contribution >= 4 is 11.9 Å². The standard InChI is InChI=1S/C16H29NO3/c1-2-3-4-5-6-7-10-13-20-16(19)14-17-12-9-8-11-15(17)18/h2-14H2,1H3. The molecule has 0 spiro atoms. The minimum absolute atomic E-state index is 0.0872. The Labute approximate surface area is 122 Å². The molecule has 0 unspecified atom stereocenters. The van der Waals surface area contributed by atoms with Gasteiger partial charge < -0.3 is 9.64 Å². The number of esters is 1. The lowest BCUT2D eigenvalue weighted by molar-refractivity contribution is -0.150. The van der Waals surface area contributed by atoms with Crippen molar-refractivity contribution in [1.82, 2.24) is 4.90 Å². The zero-order chi connectivity index (χ0) is 14.6. The smallest absolute Gasteiger partial charge is 0.325 e. The lowest BCUT2D eigenvalue weighted by atomic mass is 10.1. The molecule has 1 aliphatic heterocycles. The van der Waals surface area contributed by atoms with Crippen LogP contribution in [0.1, 0.15) is 71.1 Å². The van der Waals surface area contributed by atoms with Crippen LogP contribution in [0.2, 0.25) is 0 Å². The van der Waals surface area contributed by atoms with Gasteiger partial charge >= 0.3 is 5.97 Å². The predicted molar refractivity (Wildman–Crippen MR) is 79.4 cm³/mol. The van der Waals surface area contributed by atoms with Gasteiger partial charge in [0, 0.05) is 13.0 Å². The van der Waals surface area contributed by atoms with Gasteiger partial charge in [-0.05, 0) is 19.3 Å². The van der Waals surface area contributed by atoms with Crippen molar-refractivity contribution in [3.8, 4) is 0 Å². The summed E-state index contributed by atoms with van der Waals surface area (Å²) in [6.45, 7) is 3.54. The van der Waals surface area contributed by atoms with Crippen molar-refractivity contribution in [3.05, 3.63) is 0 Å². The maximum atomic E-state index is 11.6. The highest BCUT2D eigenvalue weighted by molar-refractivity contribution is 5.82. The maximum Gasteiger partial charge on any atom is 0.325 e. The number of rotatable bonds is 10. The Morgan fingerprint density at radius 1 is 1.10 bits per heavy atom. The molecule has 0 aromatic heterocycles. The van der Waals surface area contributed by atoms with E-state index < -0.39 is 0 Å². The molecule has 0 bridgehead atoms. The zero-order valence-corrected chi connectivity index (χ0v) is 12.9. The molecule has 116 valence electrons. The molecule has 1 aliphatic rings. The van der Waals surface area contributed by atoms with Crippen LogP contribution in [0.4, 0.5) is 0 Å². The van der Waals surface area contributed by atoms with Crippen LogP contribution < -0.4 is 0 Å². The second kappa shape index (κ2) is 10.7. The number of amides is 1. The SMILES string of the molecule is CCCCCCCCCOC(=O)CN1CCCCC1=O. The van der Waals surface area contributed by atoms with Crippen LogP contribution in [0, 0.1) is 0 Å². The number of carbonyl (C=O) groups is 2. The van der Waals surface area contributed by atoms with Crippen molar-refractivity contribution in [2.45, 2.75) is 71.1 Å². The Hall–Kier alpha value is -1.06. The molecule has 1 saturated heterocycles. The van der Waals surface area contributed by atoms with Gasteiger partial charge in [0.05, 0.1) is 6.61 Å². The second-order valence-corrected chi connectivity index (χ2v) is 5.61. The largest absolute Gasteiger partial charge is 0.464 e. The summed E-state index contributed by atoms with van der Waals surface area (Å²) in [7, 11) is 0. The van der Waals surface area contributed by atoms with Gasteiger partial charge in [-0.2, -0.15) is 0 Å². The summed E-state index contributed by atoms with van der Waals surface area (Å²) in [5, 5.41) is 0. The average Bonchev–Trinajstić information content (AvgIpc) is 2.44. The molecule has 20 heavy (non-hydrogen) atoms. The van der Waals surface area contributed by atoms with E-state index in [9.17, 15) is 9.59 Å². The average molecular weight is 283 g/mol. The van der Waals surface area contributed by atoms with Crippen LogP contribution in [-0.2, 0) is 14.3 Å². The molecule has 1 amide bonds. The van der Waals surface area contributed by atoms with Crippen LogP contribution in [0.25, 0.3) is 0 Å². The van der Waals surface area contributed by atoms with Gasteiger partial charge in [0.15, 0.2) is 0 Å². The van der Waals surface area contributed by atoms with Gasteiger partial charge in [-0.15, -0.1) is 0 Å². The Morgan fingerprint density at radius 3 is 2.50 bits per heavy atom. The number of hydrogen-bond donors (Lipinski definition) is 0. The summed E-state index contributed by atoms with van der Waals surface area (Å²) in [6, 6.07) is 0. The number of unbranched alkanes of at least 4 members (excludes halogenated alkanes) is 6. The molecule has 0 radical (unpaired) electrons. The van der Waals surface area contributed by atoms with Crippen molar-refractivity contribution in [1.29, 1.82) is 0 Å². The second-order valence-electron chi connectivity index (χ2n) is 5.61. The fourth-order valence-electron chi connectivity index (χ4n) is 2.48. The zero-order valence-electron chi connectivity index (χ0n) is 12.9. The Morgan fingerprint density at radius 2 is 1.80 bits per heavy atom. The van der Waals surface area contributed by atoms with Crippen molar-refractivity contribution < 1.29 is 14.3 Å². The van der Waals surface area contributed by atoms with E-state index in [0.29, 0.717) is 19.6 Å². The van der Waals surface area contributed by atoms with E-state index in [2.05, 4.69) is 6.92 Å². The van der Waals surface area contributed by atoms with Crippen LogP contribution in [-0.4, -0.2) is 36.5 Å². The highest BCUT2D eigenvalue weighted by atomic mass is 16.5.